The zero-order chi connectivity index (χ0) is 11.4. The van der Waals surface area contributed by atoms with Gasteiger partial charge in [0.25, 0.3) is 0 Å². The van der Waals surface area contributed by atoms with Crippen LogP contribution in [-0.2, 0) is 13.0 Å². The number of nitrogen functional groups attached to an aromatic ring is 1. The number of aryl methyl sites for hydroxylation is 2. The standard InChI is InChI=1S/C13H13BrN2.ClH/c14-13-10-12(15)7-9-16(13)8-6-11-4-2-1-3-5-11;/h1-5,7,9-10,15H,6,8H2;1H/p+1. The van der Waals surface area contributed by atoms with Gasteiger partial charge >= 0.3 is 0 Å². The van der Waals surface area contributed by atoms with Gasteiger partial charge in [-0.25, -0.2) is 0 Å². The molecule has 17 heavy (non-hydrogen) atoms. The van der Waals surface area contributed by atoms with Gasteiger partial charge in [-0.15, -0.1) is 12.4 Å². The third-order valence-corrected chi connectivity index (χ3v) is 3.18. The Morgan fingerprint density at radius 2 is 1.82 bits per heavy atom. The molecule has 0 spiro atoms. The highest BCUT2D eigenvalue weighted by molar-refractivity contribution is 9.10. The second kappa shape index (κ2) is 6.62. The lowest BCUT2D eigenvalue weighted by atomic mass is 10.1. The van der Waals surface area contributed by atoms with E-state index in [1.807, 2.05) is 24.4 Å². The predicted octanol–water partition coefficient (Wildman–Crippen LogP) is 2.98. The summed E-state index contributed by atoms with van der Waals surface area (Å²) in [5.74, 6) is 0. The maximum Gasteiger partial charge on any atom is 0.249 e. The molecule has 2 aromatic rings. The molecule has 0 aliphatic heterocycles. The molecular weight excluding hydrogens is 300 g/mol. The number of rotatable bonds is 3. The van der Waals surface area contributed by atoms with Crippen LogP contribution in [0.4, 0.5) is 5.69 Å². The molecule has 2 N–H and O–H groups in total. The van der Waals surface area contributed by atoms with Crippen molar-refractivity contribution in [3.8, 4) is 0 Å². The van der Waals surface area contributed by atoms with E-state index in [1.165, 1.54) is 5.56 Å². The molecule has 1 aromatic heterocycles. The highest BCUT2D eigenvalue weighted by Crippen LogP contribution is 2.08. The third kappa shape index (κ3) is 4.02. The minimum Gasteiger partial charge on any atom is -0.398 e. The van der Waals surface area contributed by atoms with Crippen LogP contribution in [0.1, 0.15) is 5.56 Å². The minimum atomic E-state index is 0. The molecule has 0 atom stereocenters. The number of hydrogen-bond acceptors (Lipinski definition) is 1. The summed E-state index contributed by atoms with van der Waals surface area (Å²) in [7, 11) is 0. The molecule has 0 saturated carbocycles. The van der Waals surface area contributed by atoms with Crippen molar-refractivity contribution in [1.29, 1.82) is 0 Å². The molecule has 0 unspecified atom stereocenters. The molecule has 90 valence electrons. The van der Waals surface area contributed by atoms with E-state index in [4.69, 9.17) is 5.73 Å². The Morgan fingerprint density at radius 1 is 1.12 bits per heavy atom. The molecule has 0 amide bonds. The molecule has 0 bridgehead atoms. The number of nitrogens with two attached hydrogens (primary N) is 1. The van der Waals surface area contributed by atoms with E-state index in [0.29, 0.717) is 0 Å². The molecule has 0 saturated heterocycles. The lowest BCUT2D eigenvalue weighted by Gasteiger charge is -2.01. The maximum atomic E-state index is 5.69. The molecule has 0 fully saturated rings. The molecule has 0 radical (unpaired) electrons. The first-order chi connectivity index (χ1) is 7.75. The smallest absolute Gasteiger partial charge is 0.249 e. The first-order valence-corrected chi connectivity index (χ1v) is 6.03. The average Bonchev–Trinajstić information content (AvgIpc) is 2.29. The molecule has 1 heterocycles. The lowest BCUT2D eigenvalue weighted by molar-refractivity contribution is -0.707. The fraction of sp³-hybridized carbons (Fsp3) is 0.154. The van der Waals surface area contributed by atoms with Gasteiger partial charge in [0.05, 0.1) is 0 Å². The van der Waals surface area contributed by atoms with Crippen molar-refractivity contribution < 1.29 is 4.57 Å². The summed E-state index contributed by atoms with van der Waals surface area (Å²) < 4.78 is 3.16. The van der Waals surface area contributed by atoms with Crippen LogP contribution in [0.5, 0.6) is 0 Å². The van der Waals surface area contributed by atoms with E-state index in [-0.39, 0.29) is 12.4 Å². The monoisotopic (exact) mass is 313 g/mol. The lowest BCUT2D eigenvalue weighted by Crippen LogP contribution is -2.36. The average molecular weight is 315 g/mol. The molecule has 0 aliphatic rings. The van der Waals surface area contributed by atoms with Crippen molar-refractivity contribution >= 4 is 34.0 Å². The number of hydrogen-bond donors (Lipinski definition) is 1. The number of anilines is 1. The van der Waals surface area contributed by atoms with Gasteiger partial charge in [-0.3, -0.25) is 0 Å². The first kappa shape index (κ1) is 14.0. The second-order valence-corrected chi connectivity index (χ2v) is 4.52. The Labute approximate surface area is 116 Å². The SMILES string of the molecule is Cl.Nc1cc[n+](CCc2ccccc2)c(Br)c1. The van der Waals surface area contributed by atoms with Crippen molar-refractivity contribution in [2.45, 2.75) is 13.0 Å². The molecule has 1 aromatic carbocycles. The van der Waals surface area contributed by atoms with Gasteiger partial charge in [-0.05, 0) is 5.56 Å². The van der Waals surface area contributed by atoms with Gasteiger partial charge < -0.3 is 5.73 Å². The highest BCUT2D eigenvalue weighted by Gasteiger charge is 2.07. The number of benzene rings is 1. The Balaban J connectivity index is 0.00000144. The van der Waals surface area contributed by atoms with Gasteiger partial charge in [0.2, 0.25) is 4.60 Å². The van der Waals surface area contributed by atoms with Crippen LogP contribution in [0.15, 0.2) is 53.3 Å². The summed E-state index contributed by atoms with van der Waals surface area (Å²) >= 11 is 3.50. The largest absolute Gasteiger partial charge is 0.398 e. The van der Waals surface area contributed by atoms with E-state index in [0.717, 1.165) is 23.3 Å². The quantitative estimate of drug-likeness (QED) is 0.685. The molecular formula is C13H15BrClN2+. The Bertz CT molecular complexity index is 474. The Kier molecular flexibility index (Phi) is 5.45. The third-order valence-electron chi connectivity index (χ3n) is 2.49. The van der Waals surface area contributed by atoms with Crippen molar-refractivity contribution in [3.05, 3.63) is 58.8 Å². The predicted molar refractivity (Wildman–Crippen MR) is 76.1 cm³/mol. The van der Waals surface area contributed by atoms with Crippen molar-refractivity contribution in [2.75, 3.05) is 5.73 Å². The summed E-state index contributed by atoms with van der Waals surface area (Å²) in [6.45, 7) is 0.949. The highest BCUT2D eigenvalue weighted by atomic mass is 79.9. The minimum absolute atomic E-state index is 0. The summed E-state index contributed by atoms with van der Waals surface area (Å²) in [6, 6.07) is 14.3. The summed E-state index contributed by atoms with van der Waals surface area (Å²) in [5.41, 5.74) is 7.82. The Hall–Kier alpha value is -1.06. The second-order valence-electron chi connectivity index (χ2n) is 3.71. The van der Waals surface area contributed by atoms with Crippen LogP contribution in [0.25, 0.3) is 0 Å². The van der Waals surface area contributed by atoms with Crippen molar-refractivity contribution in [1.82, 2.24) is 0 Å². The number of nitrogens with zero attached hydrogens (tertiary/aromatic N) is 1. The van der Waals surface area contributed by atoms with E-state index in [1.54, 1.807) is 0 Å². The maximum absolute atomic E-state index is 5.69. The van der Waals surface area contributed by atoms with Crippen LogP contribution in [0.3, 0.4) is 0 Å². The number of aromatic nitrogens is 1. The van der Waals surface area contributed by atoms with E-state index in [9.17, 15) is 0 Å². The molecule has 2 rings (SSSR count). The normalized spacial score (nSPS) is 9.71. The zero-order valence-corrected chi connectivity index (χ0v) is 11.7. The van der Waals surface area contributed by atoms with E-state index >= 15 is 0 Å². The van der Waals surface area contributed by atoms with Gasteiger partial charge in [0.15, 0.2) is 12.7 Å². The topological polar surface area (TPSA) is 29.9 Å². The van der Waals surface area contributed by atoms with Gasteiger partial charge in [-0.1, -0.05) is 30.3 Å². The van der Waals surface area contributed by atoms with Crippen LogP contribution in [0.2, 0.25) is 0 Å². The number of halogens is 2. The molecule has 4 heteroatoms. The van der Waals surface area contributed by atoms with Crippen LogP contribution >= 0.6 is 28.3 Å². The van der Waals surface area contributed by atoms with Crippen LogP contribution in [0, 0.1) is 0 Å². The van der Waals surface area contributed by atoms with Crippen LogP contribution in [-0.4, -0.2) is 0 Å². The van der Waals surface area contributed by atoms with Crippen LogP contribution < -0.4 is 10.3 Å². The number of pyridine rings is 1. The Morgan fingerprint density at radius 3 is 2.47 bits per heavy atom. The first-order valence-electron chi connectivity index (χ1n) is 5.24. The summed E-state index contributed by atoms with van der Waals surface area (Å²) in [4.78, 5) is 0. The zero-order valence-electron chi connectivity index (χ0n) is 9.34. The van der Waals surface area contributed by atoms with E-state index < -0.39 is 0 Å². The summed E-state index contributed by atoms with van der Waals surface area (Å²) in [6.07, 6.45) is 3.02. The van der Waals surface area contributed by atoms with Gasteiger partial charge in [-0.2, -0.15) is 4.57 Å². The fourth-order valence-electron chi connectivity index (χ4n) is 1.59. The molecule has 2 nitrogen and oxygen atoms in total. The van der Waals surface area contributed by atoms with Crippen molar-refractivity contribution in [3.63, 3.8) is 0 Å². The molecule has 0 aliphatic carbocycles. The van der Waals surface area contributed by atoms with E-state index in [2.05, 4.69) is 44.8 Å². The summed E-state index contributed by atoms with van der Waals surface area (Å²) in [5, 5.41) is 0. The van der Waals surface area contributed by atoms with Gasteiger partial charge in [0, 0.05) is 40.2 Å². The van der Waals surface area contributed by atoms with Gasteiger partial charge in [0.1, 0.15) is 0 Å². The fourth-order valence-corrected chi connectivity index (χ4v) is 2.15. The van der Waals surface area contributed by atoms with Crippen molar-refractivity contribution in [2.24, 2.45) is 0 Å².